The fourth-order valence-electron chi connectivity index (χ4n) is 5.21. The van der Waals surface area contributed by atoms with E-state index >= 15 is 0 Å². The predicted molar refractivity (Wildman–Crippen MR) is 130 cm³/mol. The number of fused-ring (bicyclic) bond motifs is 6. The Morgan fingerprint density at radius 3 is 3.15 bits per heavy atom. The Bertz CT molecular complexity index is 1220. The molecule has 0 spiro atoms. The Morgan fingerprint density at radius 2 is 2.24 bits per heavy atom. The van der Waals surface area contributed by atoms with E-state index in [0.29, 0.717) is 27.0 Å². The van der Waals surface area contributed by atoms with Crippen LogP contribution in [0.15, 0.2) is 24.4 Å². The molecule has 8 nitrogen and oxygen atoms in total. The number of nitrogen functional groups attached to an aromatic ring is 1. The molecule has 4 N–H and O–H groups in total. The van der Waals surface area contributed by atoms with Gasteiger partial charge in [-0.2, -0.15) is 0 Å². The smallest absolute Gasteiger partial charge is 0.263 e. The van der Waals surface area contributed by atoms with Gasteiger partial charge in [0.05, 0.1) is 30.1 Å². The molecule has 9 heteroatoms. The van der Waals surface area contributed by atoms with Gasteiger partial charge in [-0.15, -0.1) is 11.3 Å². The molecular weight excluding hydrogens is 436 g/mol. The molecule has 2 aromatic heterocycles. The second-order valence-electron chi connectivity index (χ2n) is 9.30. The van der Waals surface area contributed by atoms with Gasteiger partial charge < -0.3 is 26.0 Å². The fraction of sp³-hybridized carbons (Fsp3) is 0.458. The minimum absolute atomic E-state index is 0.0925. The van der Waals surface area contributed by atoms with E-state index in [1.807, 2.05) is 6.92 Å². The number of anilines is 2. The molecule has 5 heterocycles. The van der Waals surface area contributed by atoms with E-state index in [0.717, 1.165) is 51.2 Å². The van der Waals surface area contributed by atoms with Crippen molar-refractivity contribution in [2.45, 2.75) is 44.4 Å². The second-order valence-corrected chi connectivity index (χ2v) is 10.3. The van der Waals surface area contributed by atoms with Crippen molar-refractivity contribution in [2.24, 2.45) is 0 Å². The Hall–Kier alpha value is -2.75. The summed E-state index contributed by atoms with van der Waals surface area (Å²) in [7, 11) is 0. The number of ether oxygens (including phenoxy) is 1. The molecule has 0 radical (unpaired) electrons. The number of aromatic nitrogens is 2. The number of amides is 1. The summed E-state index contributed by atoms with van der Waals surface area (Å²) in [6.07, 6.45) is 4.64. The van der Waals surface area contributed by atoms with Crippen LogP contribution in [0, 0.1) is 6.92 Å². The number of hydrogen-bond donors (Lipinski definition) is 3. The standard InChI is InChI=1S/C24H28N6O2S/c1-13-8-27-21-20(25)22(33-24(21)28-13)23(31)29-16-4-2-15-7-17(5-3-14(15)6-16)30-11-19-10-26-9-18(30)12-32-19/h3,5,7-8,16,18-19,26H,2,4,6,9-12,25H2,1H3,(H,29,31)/t16-,18?,19?/m1/s1. The average molecular weight is 465 g/mol. The number of nitrogens with zero attached hydrogens (tertiary/aromatic N) is 3. The lowest BCUT2D eigenvalue weighted by Gasteiger charge is -2.38. The van der Waals surface area contributed by atoms with Gasteiger partial charge in [-0.3, -0.25) is 4.79 Å². The predicted octanol–water partition coefficient (Wildman–Crippen LogP) is 2.05. The maximum absolute atomic E-state index is 13.0. The van der Waals surface area contributed by atoms with Gasteiger partial charge in [-0.25, -0.2) is 9.97 Å². The third kappa shape index (κ3) is 3.84. The van der Waals surface area contributed by atoms with Crippen molar-refractivity contribution in [1.82, 2.24) is 20.6 Å². The average Bonchev–Trinajstić information content (AvgIpc) is 2.98. The summed E-state index contributed by atoms with van der Waals surface area (Å²) in [5, 5.41) is 6.70. The molecule has 3 atom stereocenters. The van der Waals surface area contributed by atoms with Gasteiger partial charge in [-0.1, -0.05) is 6.07 Å². The lowest BCUT2D eigenvalue weighted by Crippen LogP contribution is -2.49. The van der Waals surface area contributed by atoms with Crippen molar-refractivity contribution in [3.8, 4) is 0 Å². The van der Waals surface area contributed by atoms with Gasteiger partial charge in [0.2, 0.25) is 0 Å². The highest BCUT2D eigenvalue weighted by atomic mass is 32.1. The number of carbonyl (C=O) groups excluding carboxylic acids is 1. The van der Waals surface area contributed by atoms with E-state index < -0.39 is 0 Å². The van der Waals surface area contributed by atoms with E-state index in [4.69, 9.17) is 10.5 Å². The number of nitrogens with two attached hydrogens (primary N) is 1. The summed E-state index contributed by atoms with van der Waals surface area (Å²) in [6, 6.07) is 7.29. The Labute approximate surface area is 196 Å². The summed E-state index contributed by atoms with van der Waals surface area (Å²) in [4.78, 5) is 25.5. The number of aryl methyl sites for hydroxylation is 2. The molecule has 1 aliphatic carbocycles. The highest BCUT2D eigenvalue weighted by Gasteiger charge is 2.33. The van der Waals surface area contributed by atoms with Crippen molar-refractivity contribution in [3.05, 3.63) is 46.1 Å². The van der Waals surface area contributed by atoms with Crippen LogP contribution in [-0.2, 0) is 17.6 Å². The van der Waals surface area contributed by atoms with Gasteiger partial charge in [0.15, 0.2) is 0 Å². The first kappa shape index (κ1) is 20.8. The van der Waals surface area contributed by atoms with Crippen LogP contribution in [0.3, 0.4) is 0 Å². The lowest BCUT2D eigenvalue weighted by molar-refractivity contribution is 0.0391. The highest BCUT2D eigenvalue weighted by Crippen LogP contribution is 2.32. The topological polar surface area (TPSA) is 105 Å². The Balaban J connectivity index is 1.17. The summed E-state index contributed by atoms with van der Waals surface area (Å²) < 4.78 is 5.93. The van der Waals surface area contributed by atoms with Gasteiger partial charge in [-0.05, 0) is 49.4 Å². The van der Waals surface area contributed by atoms with Gasteiger partial charge in [0.25, 0.3) is 5.91 Å². The number of carbonyl (C=O) groups is 1. The van der Waals surface area contributed by atoms with Crippen molar-refractivity contribution < 1.29 is 9.53 Å². The summed E-state index contributed by atoms with van der Waals surface area (Å²) in [5.74, 6) is -0.131. The quantitative estimate of drug-likeness (QED) is 0.545. The van der Waals surface area contributed by atoms with E-state index in [1.54, 1.807) is 6.20 Å². The largest absolute Gasteiger partial charge is 0.396 e. The van der Waals surface area contributed by atoms with Crippen LogP contribution in [-0.4, -0.2) is 60.3 Å². The molecule has 1 amide bonds. The summed E-state index contributed by atoms with van der Waals surface area (Å²) in [6.45, 7) is 5.50. The lowest BCUT2D eigenvalue weighted by atomic mass is 9.87. The zero-order valence-electron chi connectivity index (χ0n) is 18.6. The SMILES string of the molecule is Cc1cnc2c(N)c(C(=O)N[C@@H]3CCc4cc(N5CC6CNCC5CO6)ccc4C3)sc2n1. The maximum Gasteiger partial charge on any atom is 0.263 e. The molecule has 3 fully saturated rings. The van der Waals surface area contributed by atoms with Gasteiger partial charge >= 0.3 is 0 Å². The molecular formula is C24H28N6O2S. The molecule has 3 aliphatic heterocycles. The van der Waals surface area contributed by atoms with Crippen LogP contribution in [0.25, 0.3) is 10.3 Å². The third-order valence-corrected chi connectivity index (χ3v) is 8.06. The molecule has 2 bridgehead atoms. The number of benzene rings is 1. The van der Waals surface area contributed by atoms with E-state index in [2.05, 4.69) is 43.7 Å². The number of hydrogen-bond acceptors (Lipinski definition) is 8. The molecule has 0 saturated carbocycles. The molecule has 172 valence electrons. The maximum atomic E-state index is 13.0. The van der Waals surface area contributed by atoms with E-state index in [1.165, 1.54) is 28.2 Å². The third-order valence-electron chi connectivity index (χ3n) is 6.97. The summed E-state index contributed by atoms with van der Waals surface area (Å²) in [5.41, 5.74) is 12.1. The normalized spacial score (nSPS) is 24.5. The molecule has 3 saturated heterocycles. The van der Waals surface area contributed by atoms with Gasteiger partial charge in [0, 0.05) is 37.6 Å². The van der Waals surface area contributed by atoms with Crippen LogP contribution in [0.5, 0.6) is 0 Å². The molecule has 4 aliphatic rings. The number of nitrogens with one attached hydrogen (secondary N) is 2. The summed E-state index contributed by atoms with van der Waals surface area (Å²) >= 11 is 1.31. The van der Waals surface area contributed by atoms with Crippen LogP contribution in [0.4, 0.5) is 11.4 Å². The second kappa shape index (κ2) is 8.23. The number of rotatable bonds is 3. The first-order valence-corrected chi connectivity index (χ1v) is 12.4. The molecule has 7 rings (SSSR count). The minimum Gasteiger partial charge on any atom is -0.396 e. The van der Waals surface area contributed by atoms with Crippen molar-refractivity contribution >= 4 is 39.0 Å². The zero-order valence-corrected chi connectivity index (χ0v) is 19.5. The van der Waals surface area contributed by atoms with Crippen molar-refractivity contribution in [3.63, 3.8) is 0 Å². The molecule has 33 heavy (non-hydrogen) atoms. The molecule has 2 unspecified atom stereocenters. The molecule has 1 aromatic carbocycles. The Kier molecular flexibility index (Phi) is 5.20. The Morgan fingerprint density at radius 1 is 1.33 bits per heavy atom. The number of morpholine rings is 1. The minimum atomic E-state index is -0.131. The van der Waals surface area contributed by atoms with Crippen LogP contribution in [0.2, 0.25) is 0 Å². The van der Waals surface area contributed by atoms with Crippen molar-refractivity contribution in [1.29, 1.82) is 0 Å². The molecule has 3 aromatic rings. The van der Waals surface area contributed by atoms with Crippen LogP contribution in [0.1, 0.15) is 32.9 Å². The van der Waals surface area contributed by atoms with Crippen LogP contribution >= 0.6 is 11.3 Å². The van der Waals surface area contributed by atoms with Crippen molar-refractivity contribution in [2.75, 3.05) is 36.9 Å². The first-order chi connectivity index (χ1) is 16.0. The van der Waals surface area contributed by atoms with Crippen LogP contribution < -0.4 is 21.3 Å². The number of thiophene rings is 1. The van der Waals surface area contributed by atoms with Gasteiger partial charge in [0.1, 0.15) is 15.2 Å². The highest BCUT2D eigenvalue weighted by molar-refractivity contribution is 7.21. The monoisotopic (exact) mass is 464 g/mol. The van der Waals surface area contributed by atoms with E-state index in [-0.39, 0.29) is 18.1 Å². The van der Waals surface area contributed by atoms with E-state index in [9.17, 15) is 4.79 Å². The first-order valence-electron chi connectivity index (χ1n) is 11.6. The zero-order chi connectivity index (χ0) is 22.5. The fourth-order valence-corrected chi connectivity index (χ4v) is 6.21.